The predicted octanol–water partition coefficient (Wildman–Crippen LogP) is 2.52. The number of aromatic nitrogens is 4. The Labute approximate surface area is 118 Å². The molecule has 2 aromatic rings. The fraction of sp³-hybridized carbons (Fsp3) is 0.467. The van der Waals surface area contributed by atoms with Crippen LogP contribution >= 0.6 is 0 Å². The summed E-state index contributed by atoms with van der Waals surface area (Å²) >= 11 is 0. The molecule has 1 aliphatic rings. The van der Waals surface area contributed by atoms with E-state index >= 15 is 0 Å². The van der Waals surface area contributed by atoms with Crippen molar-refractivity contribution in [3.8, 4) is 11.4 Å². The molecule has 5 nitrogen and oxygen atoms in total. The van der Waals surface area contributed by atoms with Gasteiger partial charge in [0.05, 0.1) is 23.0 Å². The molecule has 104 valence electrons. The van der Waals surface area contributed by atoms with Gasteiger partial charge in [0.2, 0.25) is 0 Å². The van der Waals surface area contributed by atoms with Crippen LogP contribution in [0.25, 0.3) is 11.4 Å². The molecule has 0 aromatic carbocycles. The molecule has 0 saturated heterocycles. The second-order valence-electron chi connectivity index (χ2n) is 6.08. The second-order valence-corrected chi connectivity index (χ2v) is 6.08. The first-order valence-corrected chi connectivity index (χ1v) is 6.90. The van der Waals surface area contributed by atoms with Crippen LogP contribution < -0.4 is 0 Å². The molecule has 0 radical (unpaired) electrons. The van der Waals surface area contributed by atoms with Crippen molar-refractivity contribution in [2.24, 2.45) is 5.41 Å². The highest BCUT2D eigenvalue weighted by Crippen LogP contribution is 2.34. The van der Waals surface area contributed by atoms with Gasteiger partial charge in [-0.2, -0.15) is 5.10 Å². The average Bonchev–Trinajstić information content (AvgIpc) is 2.85. The molecule has 2 heterocycles. The van der Waals surface area contributed by atoms with Gasteiger partial charge in [-0.05, 0) is 18.8 Å². The Hall–Kier alpha value is -2.04. The smallest absolute Gasteiger partial charge is 0.166 e. The minimum Gasteiger partial charge on any atom is -0.294 e. The summed E-state index contributed by atoms with van der Waals surface area (Å²) in [4.78, 5) is 21.0. The molecule has 0 amide bonds. The van der Waals surface area contributed by atoms with E-state index in [1.165, 1.54) is 0 Å². The summed E-state index contributed by atoms with van der Waals surface area (Å²) < 4.78 is 1.84. The Bertz CT molecular complexity index is 672. The highest BCUT2D eigenvalue weighted by atomic mass is 16.1. The zero-order valence-corrected chi connectivity index (χ0v) is 12.1. The number of aryl methyl sites for hydroxylation is 1. The van der Waals surface area contributed by atoms with Crippen LogP contribution in [-0.2, 0) is 13.0 Å². The summed E-state index contributed by atoms with van der Waals surface area (Å²) in [5.41, 5.74) is 2.41. The van der Waals surface area contributed by atoms with Crippen LogP contribution in [0.5, 0.6) is 0 Å². The first-order chi connectivity index (χ1) is 9.48. The molecular formula is C15H18N4O. The molecule has 0 aliphatic heterocycles. The zero-order valence-electron chi connectivity index (χ0n) is 12.1. The highest BCUT2D eigenvalue weighted by Gasteiger charge is 2.32. The summed E-state index contributed by atoms with van der Waals surface area (Å²) in [6.07, 6.45) is 6.74. The third-order valence-corrected chi connectivity index (χ3v) is 3.67. The number of hydrogen-bond acceptors (Lipinski definition) is 4. The molecule has 20 heavy (non-hydrogen) atoms. The predicted molar refractivity (Wildman–Crippen MR) is 75.4 cm³/mol. The number of carbonyl (C=O) groups excluding carboxylic acids is 1. The van der Waals surface area contributed by atoms with Gasteiger partial charge in [0.1, 0.15) is 0 Å². The number of hydrogen-bond donors (Lipinski definition) is 0. The molecule has 5 heteroatoms. The Balaban J connectivity index is 2.02. The fourth-order valence-corrected chi connectivity index (χ4v) is 2.62. The topological polar surface area (TPSA) is 60.7 Å². The lowest BCUT2D eigenvalue weighted by Gasteiger charge is -2.29. The van der Waals surface area contributed by atoms with E-state index in [0.29, 0.717) is 17.8 Å². The molecule has 2 aromatic heterocycles. The summed E-state index contributed by atoms with van der Waals surface area (Å²) in [6.45, 7) is 7.05. The molecule has 0 spiro atoms. The van der Waals surface area contributed by atoms with E-state index in [4.69, 9.17) is 0 Å². The van der Waals surface area contributed by atoms with Gasteiger partial charge < -0.3 is 0 Å². The monoisotopic (exact) mass is 270 g/mol. The molecule has 0 fully saturated rings. The van der Waals surface area contributed by atoms with E-state index in [1.807, 2.05) is 17.8 Å². The van der Waals surface area contributed by atoms with E-state index in [9.17, 15) is 4.79 Å². The van der Waals surface area contributed by atoms with E-state index in [1.54, 1.807) is 12.4 Å². The minimum absolute atomic E-state index is 0.0245. The number of nitrogens with zero attached hydrogens (tertiary/aromatic N) is 4. The molecule has 1 aliphatic carbocycles. The van der Waals surface area contributed by atoms with Crippen LogP contribution in [0.15, 0.2) is 18.6 Å². The standard InChI is InChI=1S/C15H18N4O/c1-4-19-9-10(7-17-19)14-16-8-11-12(18-14)5-15(2,3)6-13(11)20/h7-9H,4-6H2,1-3H3. The number of fused-ring (bicyclic) bond motifs is 1. The summed E-state index contributed by atoms with van der Waals surface area (Å²) in [6, 6.07) is 0. The van der Waals surface area contributed by atoms with Gasteiger partial charge in [-0.15, -0.1) is 0 Å². The highest BCUT2D eigenvalue weighted by molar-refractivity contribution is 5.98. The van der Waals surface area contributed by atoms with E-state index in [-0.39, 0.29) is 11.2 Å². The largest absolute Gasteiger partial charge is 0.294 e. The van der Waals surface area contributed by atoms with Gasteiger partial charge >= 0.3 is 0 Å². The van der Waals surface area contributed by atoms with Crippen molar-refractivity contribution in [3.63, 3.8) is 0 Å². The first-order valence-electron chi connectivity index (χ1n) is 6.90. The van der Waals surface area contributed by atoms with E-state index in [2.05, 4.69) is 28.9 Å². The molecule has 0 N–H and O–H groups in total. The SMILES string of the molecule is CCn1cc(-c2ncc3c(n2)CC(C)(C)CC3=O)cn1. The maximum Gasteiger partial charge on any atom is 0.166 e. The summed E-state index contributed by atoms with van der Waals surface area (Å²) in [7, 11) is 0. The second kappa shape index (κ2) is 4.51. The van der Waals surface area contributed by atoms with Gasteiger partial charge in [-0.25, -0.2) is 9.97 Å². The van der Waals surface area contributed by atoms with E-state index in [0.717, 1.165) is 24.2 Å². The van der Waals surface area contributed by atoms with Crippen LogP contribution in [0.4, 0.5) is 0 Å². The van der Waals surface area contributed by atoms with Gasteiger partial charge in [0, 0.05) is 25.4 Å². The Kier molecular flexibility index (Phi) is 2.92. The number of ketones is 1. The molecule has 3 rings (SSSR count). The molecule has 0 unspecified atom stereocenters. The van der Waals surface area contributed by atoms with Gasteiger partial charge in [0.25, 0.3) is 0 Å². The summed E-state index contributed by atoms with van der Waals surface area (Å²) in [5.74, 6) is 0.793. The van der Waals surface area contributed by atoms with Gasteiger partial charge in [-0.3, -0.25) is 9.48 Å². The normalized spacial score (nSPS) is 17.1. The molecule has 0 bridgehead atoms. The number of Topliss-reactive ketones (excluding diaryl/α,β-unsaturated/α-hetero) is 1. The lowest BCUT2D eigenvalue weighted by molar-refractivity contribution is 0.0910. The van der Waals surface area contributed by atoms with Crippen molar-refractivity contribution in [2.45, 2.75) is 40.2 Å². The lowest BCUT2D eigenvalue weighted by atomic mass is 9.76. The molecule has 0 atom stereocenters. The van der Waals surface area contributed by atoms with Crippen molar-refractivity contribution in [1.29, 1.82) is 0 Å². The quantitative estimate of drug-likeness (QED) is 0.841. The van der Waals surface area contributed by atoms with Crippen molar-refractivity contribution >= 4 is 5.78 Å². The minimum atomic E-state index is -0.0245. The van der Waals surface area contributed by atoms with Crippen molar-refractivity contribution in [1.82, 2.24) is 19.7 Å². The average molecular weight is 270 g/mol. The lowest BCUT2D eigenvalue weighted by Crippen LogP contribution is -2.28. The molecular weight excluding hydrogens is 252 g/mol. The number of carbonyl (C=O) groups is 1. The third kappa shape index (κ3) is 2.24. The van der Waals surface area contributed by atoms with Gasteiger partial charge in [-0.1, -0.05) is 13.8 Å². The number of rotatable bonds is 2. The van der Waals surface area contributed by atoms with Crippen LogP contribution in [-0.4, -0.2) is 25.5 Å². The maximum atomic E-state index is 12.1. The van der Waals surface area contributed by atoms with Crippen LogP contribution in [0.1, 0.15) is 43.2 Å². The zero-order chi connectivity index (χ0) is 14.3. The Morgan fingerprint density at radius 2 is 2.10 bits per heavy atom. The molecule has 0 saturated carbocycles. The third-order valence-electron chi connectivity index (χ3n) is 3.67. The first kappa shape index (κ1) is 13.0. The van der Waals surface area contributed by atoms with Crippen molar-refractivity contribution < 1.29 is 4.79 Å². The maximum absolute atomic E-state index is 12.1. The fourth-order valence-electron chi connectivity index (χ4n) is 2.62. The van der Waals surface area contributed by atoms with Crippen molar-refractivity contribution in [2.75, 3.05) is 0 Å². The van der Waals surface area contributed by atoms with Crippen LogP contribution in [0.3, 0.4) is 0 Å². The van der Waals surface area contributed by atoms with Crippen LogP contribution in [0, 0.1) is 5.41 Å². The Morgan fingerprint density at radius 1 is 1.30 bits per heavy atom. The van der Waals surface area contributed by atoms with E-state index < -0.39 is 0 Å². The van der Waals surface area contributed by atoms with Crippen molar-refractivity contribution in [3.05, 3.63) is 29.8 Å². The van der Waals surface area contributed by atoms with Crippen LogP contribution in [0.2, 0.25) is 0 Å². The van der Waals surface area contributed by atoms with Gasteiger partial charge in [0.15, 0.2) is 11.6 Å². The Morgan fingerprint density at radius 3 is 2.80 bits per heavy atom. The summed E-state index contributed by atoms with van der Waals surface area (Å²) in [5, 5.41) is 4.24.